The van der Waals surface area contributed by atoms with Gasteiger partial charge < -0.3 is 25.7 Å². The largest absolute Gasteiger partial charge is 0.507 e. The molecule has 0 spiro atoms. The first-order chi connectivity index (χ1) is 29.1. The van der Waals surface area contributed by atoms with E-state index >= 15 is 0 Å². The van der Waals surface area contributed by atoms with Crippen LogP contribution in [-0.4, -0.2) is 90.0 Å². The fraction of sp³-hybridized carbons (Fsp3) is 0.409. The van der Waals surface area contributed by atoms with Crippen LogP contribution in [0.1, 0.15) is 67.1 Å². The maximum absolute atomic E-state index is 13.0. The molecule has 2 saturated heterocycles. The number of rotatable bonds is 9. The number of aryl methyl sites for hydroxylation is 3. The van der Waals surface area contributed by atoms with Crippen LogP contribution in [0, 0.1) is 32.6 Å². The Balaban J connectivity index is 0.000000207. The number of nitrogen functional groups attached to an aromatic ring is 1. The highest BCUT2D eigenvalue weighted by atomic mass is 19.4. The van der Waals surface area contributed by atoms with Crippen molar-refractivity contribution in [1.29, 1.82) is 0 Å². The van der Waals surface area contributed by atoms with Gasteiger partial charge in [0.15, 0.2) is 5.65 Å². The lowest BCUT2D eigenvalue weighted by molar-refractivity contribution is -0.138. The van der Waals surface area contributed by atoms with Gasteiger partial charge in [0.05, 0.1) is 22.5 Å². The standard InChI is InChI=1S/C22H23F3N4O2.C22H25F3N4O2/c1-4-28-10-14(8-19(28)31)11-29-13(3)16-5-6-17(26-21(16)27-29)20-12(2)7-15(9-18(20)30)22(23,24)25;1-4-29-11-14(8-19(29)31)10-27-13(3)16-5-6-17(28-21(16)26)20-12(2)7-15(9-18(20)30)22(23,24)25/h5-7,9,14,30H,4,8,10-11H2,1-3H3;5-7,9,14,30H,4,8,10-11H2,1-3H3,(H2,26,28). The zero-order chi connectivity index (χ0) is 45.4. The fourth-order valence-corrected chi connectivity index (χ4v) is 8.06. The summed E-state index contributed by atoms with van der Waals surface area (Å²) in [6.07, 6.45) is -8.13. The molecular formula is C44H48F6N8O4. The van der Waals surface area contributed by atoms with Crippen LogP contribution in [-0.2, 0) is 28.5 Å². The minimum absolute atomic E-state index is 0.137. The van der Waals surface area contributed by atoms with Gasteiger partial charge in [-0.05, 0) is 101 Å². The van der Waals surface area contributed by atoms with Crippen LogP contribution in [0.4, 0.5) is 32.2 Å². The monoisotopic (exact) mass is 866 g/mol. The summed E-state index contributed by atoms with van der Waals surface area (Å²) < 4.78 is 79.7. The average Bonchev–Trinajstić information content (AvgIpc) is 3.84. The van der Waals surface area contributed by atoms with E-state index in [1.165, 1.54) is 13.8 Å². The van der Waals surface area contributed by atoms with Crippen LogP contribution >= 0.6 is 0 Å². The molecule has 5 heterocycles. The van der Waals surface area contributed by atoms with Crippen molar-refractivity contribution in [3.8, 4) is 34.0 Å². The molecule has 4 N–H and O–H groups in total. The van der Waals surface area contributed by atoms with Gasteiger partial charge in [-0.2, -0.15) is 31.4 Å². The lowest BCUT2D eigenvalue weighted by Crippen LogP contribution is -2.25. The number of benzene rings is 2. The predicted molar refractivity (Wildman–Crippen MR) is 222 cm³/mol. The van der Waals surface area contributed by atoms with Crippen molar-refractivity contribution < 1.29 is 46.1 Å². The number of nitrogens with zero attached hydrogens (tertiary/aromatic N) is 7. The van der Waals surface area contributed by atoms with Gasteiger partial charge in [-0.25, -0.2) is 9.97 Å². The third-order valence-electron chi connectivity index (χ3n) is 11.3. The van der Waals surface area contributed by atoms with Crippen molar-refractivity contribution >= 4 is 34.4 Å². The number of halogens is 6. The third-order valence-corrected chi connectivity index (χ3v) is 11.3. The molecule has 18 heteroatoms. The molecule has 5 aromatic rings. The Labute approximate surface area is 354 Å². The molecule has 62 heavy (non-hydrogen) atoms. The summed E-state index contributed by atoms with van der Waals surface area (Å²) in [5, 5.41) is 25.9. The van der Waals surface area contributed by atoms with Gasteiger partial charge in [0, 0.05) is 97.4 Å². The highest BCUT2D eigenvalue weighted by molar-refractivity contribution is 6.02. The number of phenolic OH excluding ortho intramolecular Hbond substituents is 2. The summed E-state index contributed by atoms with van der Waals surface area (Å²) in [6, 6.07) is 10.1. The molecule has 3 aromatic heterocycles. The molecule has 2 amide bonds. The first-order valence-electron chi connectivity index (χ1n) is 20.1. The van der Waals surface area contributed by atoms with E-state index in [9.17, 15) is 46.1 Å². The Morgan fingerprint density at radius 3 is 1.76 bits per heavy atom. The van der Waals surface area contributed by atoms with E-state index in [2.05, 4.69) is 20.1 Å². The second kappa shape index (κ2) is 17.6. The SMILES string of the molecule is CCN1CC(CN=C(C)c2ccc(-c3c(C)cc(C(F)(F)F)cc3O)nc2N)CC1=O.CCN1CC(Cn2nc3nc(-c4c(C)cc(C(F)(F)F)cc4O)ccc3c2C)CC1=O. The number of aromatic hydroxyl groups is 2. The van der Waals surface area contributed by atoms with Crippen LogP contribution in [0.3, 0.4) is 0 Å². The summed E-state index contributed by atoms with van der Waals surface area (Å²) in [5.74, 6) is -0.213. The van der Waals surface area contributed by atoms with Crippen LogP contribution in [0.15, 0.2) is 53.5 Å². The van der Waals surface area contributed by atoms with Crippen LogP contribution < -0.4 is 5.73 Å². The summed E-state index contributed by atoms with van der Waals surface area (Å²) in [5.41, 5.74) is 8.48. The van der Waals surface area contributed by atoms with Crippen molar-refractivity contribution in [2.45, 2.75) is 73.3 Å². The zero-order valence-corrected chi connectivity index (χ0v) is 35.1. The maximum atomic E-state index is 13.0. The molecule has 2 atom stereocenters. The molecule has 0 bridgehead atoms. The maximum Gasteiger partial charge on any atom is 0.416 e. The Morgan fingerprint density at radius 2 is 1.27 bits per heavy atom. The third kappa shape index (κ3) is 9.63. The minimum atomic E-state index is -4.55. The Morgan fingerprint density at radius 1 is 0.774 bits per heavy atom. The Kier molecular flexibility index (Phi) is 12.9. The number of hydrogen-bond donors (Lipinski definition) is 3. The molecule has 2 unspecified atom stereocenters. The predicted octanol–water partition coefficient (Wildman–Crippen LogP) is 8.35. The van der Waals surface area contributed by atoms with E-state index in [4.69, 9.17) is 5.73 Å². The quantitative estimate of drug-likeness (QED) is 0.0984. The van der Waals surface area contributed by atoms with Crippen LogP contribution in [0.2, 0.25) is 0 Å². The Hall–Kier alpha value is -6.20. The van der Waals surface area contributed by atoms with Gasteiger partial charge in [0.2, 0.25) is 11.8 Å². The first kappa shape index (κ1) is 45.3. The van der Waals surface area contributed by atoms with E-state index in [0.717, 1.165) is 23.2 Å². The summed E-state index contributed by atoms with van der Waals surface area (Å²) in [7, 11) is 0. The molecule has 2 aromatic carbocycles. The number of aliphatic imine (C=N–C) groups is 1. The van der Waals surface area contributed by atoms with Gasteiger partial charge in [0.1, 0.15) is 17.3 Å². The number of alkyl halides is 6. The summed E-state index contributed by atoms with van der Waals surface area (Å²) in [4.78, 5) is 40.8. The van der Waals surface area contributed by atoms with E-state index < -0.39 is 35.0 Å². The number of likely N-dealkylation sites (tertiary alicyclic amines) is 2. The van der Waals surface area contributed by atoms with E-state index in [-0.39, 0.29) is 57.4 Å². The zero-order valence-electron chi connectivity index (χ0n) is 35.1. The molecule has 0 saturated carbocycles. The first-order valence-corrected chi connectivity index (χ1v) is 20.1. The van der Waals surface area contributed by atoms with Gasteiger partial charge in [-0.1, -0.05) is 0 Å². The molecule has 12 nitrogen and oxygen atoms in total. The smallest absolute Gasteiger partial charge is 0.416 e. The number of aromatic nitrogens is 4. The van der Waals surface area contributed by atoms with E-state index in [1.807, 2.05) is 36.4 Å². The molecule has 0 aliphatic carbocycles. The van der Waals surface area contributed by atoms with Crippen LogP contribution in [0.5, 0.6) is 11.5 Å². The number of carbonyl (C=O) groups is 2. The average molecular weight is 867 g/mol. The molecule has 2 fully saturated rings. The normalized spacial score (nSPS) is 17.3. The lowest BCUT2D eigenvalue weighted by atomic mass is 9.99. The van der Waals surface area contributed by atoms with Crippen molar-refractivity contribution in [2.75, 3.05) is 38.5 Å². The van der Waals surface area contributed by atoms with E-state index in [0.29, 0.717) is 86.9 Å². The van der Waals surface area contributed by atoms with Crippen molar-refractivity contribution in [1.82, 2.24) is 29.5 Å². The highest BCUT2D eigenvalue weighted by Crippen LogP contribution is 2.40. The van der Waals surface area contributed by atoms with Gasteiger partial charge in [0.25, 0.3) is 0 Å². The Bertz CT molecular complexity index is 2510. The molecule has 2 aliphatic heterocycles. The number of pyridine rings is 2. The second-order valence-corrected chi connectivity index (χ2v) is 15.8. The number of hydrogen-bond acceptors (Lipinski definition) is 9. The van der Waals surface area contributed by atoms with E-state index in [1.54, 1.807) is 30.0 Å². The molecule has 0 radical (unpaired) electrons. The number of nitrogens with two attached hydrogens (primary N) is 1. The topological polar surface area (TPSA) is 163 Å². The van der Waals surface area contributed by atoms with Crippen molar-refractivity contribution in [2.24, 2.45) is 16.8 Å². The summed E-state index contributed by atoms with van der Waals surface area (Å²) in [6.45, 7) is 14.4. The number of anilines is 1. The highest BCUT2D eigenvalue weighted by Gasteiger charge is 2.34. The summed E-state index contributed by atoms with van der Waals surface area (Å²) >= 11 is 0. The number of carbonyl (C=O) groups excluding carboxylic acids is 2. The van der Waals surface area contributed by atoms with Crippen molar-refractivity contribution in [3.63, 3.8) is 0 Å². The number of phenols is 2. The van der Waals surface area contributed by atoms with Gasteiger partial charge in [-0.3, -0.25) is 19.3 Å². The minimum Gasteiger partial charge on any atom is -0.507 e. The fourth-order valence-electron chi connectivity index (χ4n) is 8.06. The van der Waals surface area contributed by atoms with Gasteiger partial charge in [-0.15, -0.1) is 0 Å². The van der Waals surface area contributed by atoms with Crippen molar-refractivity contribution in [3.05, 3.63) is 82.0 Å². The molecule has 330 valence electrons. The second-order valence-electron chi connectivity index (χ2n) is 15.8. The van der Waals surface area contributed by atoms with Gasteiger partial charge >= 0.3 is 12.4 Å². The molecule has 7 rings (SSSR count). The lowest BCUT2D eigenvalue weighted by Gasteiger charge is -2.14. The molecule has 2 aliphatic rings. The van der Waals surface area contributed by atoms with Crippen LogP contribution in [0.25, 0.3) is 33.5 Å². The number of amides is 2. The number of fused-ring (bicyclic) bond motifs is 1. The molecular weight excluding hydrogens is 819 g/mol.